The first-order valence-electron chi connectivity index (χ1n) is 5.67. The van der Waals surface area contributed by atoms with Gasteiger partial charge in [-0.15, -0.1) is 0 Å². The van der Waals surface area contributed by atoms with Crippen LogP contribution in [-0.4, -0.2) is 17.4 Å². The summed E-state index contributed by atoms with van der Waals surface area (Å²) < 4.78 is 5.52. The van der Waals surface area contributed by atoms with Crippen molar-refractivity contribution in [2.24, 2.45) is 23.2 Å². The predicted molar refractivity (Wildman–Crippen MR) is 53.0 cm³/mol. The number of carbonyl (C=O) groups excluding carboxylic acids is 2. The Balaban J connectivity index is 2.04. The molecule has 3 heteroatoms. The van der Waals surface area contributed by atoms with Crippen LogP contribution in [0, 0.1) is 23.2 Å². The zero-order valence-electron chi connectivity index (χ0n) is 9.37. The number of fused-ring (bicyclic) bond motifs is 1. The Morgan fingerprint density at radius 2 is 2.20 bits per heavy atom. The summed E-state index contributed by atoms with van der Waals surface area (Å²) in [4.78, 5) is 23.2. The maximum absolute atomic E-state index is 12.1. The van der Waals surface area contributed by atoms with Crippen LogP contribution in [0.3, 0.4) is 0 Å². The third-order valence-corrected chi connectivity index (χ3v) is 5.26. The molecule has 5 atom stereocenters. The lowest BCUT2D eigenvalue weighted by Crippen LogP contribution is -2.69. The van der Waals surface area contributed by atoms with Crippen LogP contribution in [0.25, 0.3) is 0 Å². The third kappa shape index (κ3) is 0.704. The highest BCUT2D eigenvalue weighted by Gasteiger charge is 2.82. The fourth-order valence-corrected chi connectivity index (χ4v) is 4.62. The highest BCUT2D eigenvalue weighted by Crippen LogP contribution is 2.75. The molecule has 0 aromatic rings. The highest BCUT2D eigenvalue weighted by atomic mass is 16.6. The van der Waals surface area contributed by atoms with Gasteiger partial charge in [-0.3, -0.25) is 9.59 Å². The van der Waals surface area contributed by atoms with Gasteiger partial charge in [0.1, 0.15) is 11.4 Å². The van der Waals surface area contributed by atoms with E-state index in [1.54, 1.807) is 0 Å². The van der Waals surface area contributed by atoms with Gasteiger partial charge in [0, 0.05) is 18.8 Å². The molecule has 82 valence electrons. The molecule has 0 radical (unpaired) electrons. The van der Waals surface area contributed by atoms with E-state index in [9.17, 15) is 9.59 Å². The first-order chi connectivity index (χ1) is 6.93. The molecule has 15 heavy (non-hydrogen) atoms. The number of carbonyl (C=O) groups is 2. The minimum atomic E-state index is -0.455. The van der Waals surface area contributed by atoms with E-state index in [0.29, 0.717) is 17.6 Å². The average molecular weight is 208 g/mol. The number of ether oxygens (including phenoxy) is 1. The number of hydrogen-bond donors (Lipinski definition) is 0. The van der Waals surface area contributed by atoms with Crippen LogP contribution in [0.2, 0.25) is 0 Å². The number of rotatable bonds is 1. The Morgan fingerprint density at radius 3 is 2.67 bits per heavy atom. The normalized spacial score (nSPS) is 55.4. The molecule has 3 rings (SSSR count). The van der Waals surface area contributed by atoms with Crippen molar-refractivity contribution in [3.63, 3.8) is 0 Å². The van der Waals surface area contributed by atoms with Gasteiger partial charge in [-0.2, -0.15) is 0 Å². The largest absolute Gasteiger partial charge is 0.458 e. The summed E-state index contributed by atoms with van der Waals surface area (Å²) in [5, 5.41) is 0. The van der Waals surface area contributed by atoms with Gasteiger partial charge in [-0.1, -0.05) is 6.92 Å². The summed E-state index contributed by atoms with van der Waals surface area (Å²) in [5.41, 5.74) is -0.813. The van der Waals surface area contributed by atoms with Crippen molar-refractivity contribution in [1.29, 1.82) is 0 Å². The van der Waals surface area contributed by atoms with E-state index < -0.39 is 5.60 Å². The van der Waals surface area contributed by atoms with Crippen LogP contribution in [-0.2, 0) is 14.3 Å². The van der Waals surface area contributed by atoms with Crippen molar-refractivity contribution >= 4 is 11.8 Å². The zero-order chi connectivity index (χ0) is 11.0. The van der Waals surface area contributed by atoms with E-state index in [1.165, 1.54) is 6.92 Å². The van der Waals surface area contributed by atoms with Crippen molar-refractivity contribution in [3.8, 4) is 0 Å². The molecule has 3 aliphatic carbocycles. The third-order valence-electron chi connectivity index (χ3n) is 5.26. The molecule has 0 heterocycles. The lowest BCUT2D eigenvalue weighted by Gasteiger charge is -2.62. The van der Waals surface area contributed by atoms with Gasteiger partial charge in [-0.05, 0) is 25.7 Å². The molecule has 0 amide bonds. The van der Waals surface area contributed by atoms with Gasteiger partial charge < -0.3 is 4.74 Å². The van der Waals surface area contributed by atoms with E-state index in [1.807, 2.05) is 6.92 Å². The van der Waals surface area contributed by atoms with Crippen molar-refractivity contribution in [2.45, 2.75) is 39.2 Å². The van der Waals surface area contributed by atoms with Crippen LogP contribution in [0.15, 0.2) is 0 Å². The fourth-order valence-electron chi connectivity index (χ4n) is 4.62. The van der Waals surface area contributed by atoms with Crippen molar-refractivity contribution in [2.75, 3.05) is 0 Å². The molecule has 0 aliphatic heterocycles. The smallest absolute Gasteiger partial charge is 0.303 e. The van der Waals surface area contributed by atoms with Crippen molar-refractivity contribution in [1.82, 2.24) is 0 Å². The van der Waals surface area contributed by atoms with Crippen LogP contribution in [0.1, 0.15) is 33.6 Å². The summed E-state index contributed by atoms with van der Waals surface area (Å²) in [6, 6.07) is 0. The molecule has 3 saturated carbocycles. The monoisotopic (exact) mass is 208 g/mol. The van der Waals surface area contributed by atoms with Crippen LogP contribution in [0.5, 0.6) is 0 Å². The molecule has 5 unspecified atom stereocenters. The van der Waals surface area contributed by atoms with E-state index in [2.05, 4.69) is 6.92 Å². The first kappa shape index (κ1) is 9.37. The fraction of sp³-hybridized carbons (Fsp3) is 0.833. The highest BCUT2D eigenvalue weighted by molar-refractivity contribution is 5.96. The lowest BCUT2D eigenvalue weighted by atomic mass is 9.45. The molecule has 0 saturated heterocycles. The Hall–Kier alpha value is -0.860. The maximum Gasteiger partial charge on any atom is 0.303 e. The molecular weight excluding hydrogens is 192 g/mol. The van der Waals surface area contributed by atoms with Gasteiger partial charge in [0.15, 0.2) is 0 Å². The summed E-state index contributed by atoms with van der Waals surface area (Å²) in [6.45, 7) is 5.55. The van der Waals surface area contributed by atoms with Gasteiger partial charge in [0.25, 0.3) is 0 Å². The van der Waals surface area contributed by atoms with Gasteiger partial charge in [0.2, 0.25) is 0 Å². The number of esters is 1. The van der Waals surface area contributed by atoms with E-state index in [0.717, 1.165) is 12.8 Å². The molecule has 3 nitrogen and oxygen atoms in total. The minimum Gasteiger partial charge on any atom is -0.458 e. The first-order valence-corrected chi connectivity index (χ1v) is 5.67. The Labute approximate surface area is 89.2 Å². The quantitative estimate of drug-likeness (QED) is 0.614. The van der Waals surface area contributed by atoms with Gasteiger partial charge in [-0.25, -0.2) is 0 Å². The average Bonchev–Trinajstić information content (AvgIpc) is 2.48. The lowest BCUT2D eigenvalue weighted by molar-refractivity contribution is -0.251. The Kier molecular flexibility index (Phi) is 1.42. The summed E-state index contributed by atoms with van der Waals surface area (Å²) in [6.07, 6.45) is 1.78. The van der Waals surface area contributed by atoms with Crippen molar-refractivity contribution in [3.05, 3.63) is 0 Å². The topological polar surface area (TPSA) is 43.4 Å². The minimum absolute atomic E-state index is 0.163. The molecule has 0 spiro atoms. The number of ketones is 1. The van der Waals surface area contributed by atoms with Gasteiger partial charge >= 0.3 is 5.97 Å². The molecule has 3 fully saturated rings. The Morgan fingerprint density at radius 1 is 1.53 bits per heavy atom. The second-order valence-electron chi connectivity index (χ2n) is 5.58. The van der Waals surface area contributed by atoms with Crippen LogP contribution in [0.4, 0.5) is 0 Å². The molecule has 3 aliphatic rings. The molecular formula is C12H16O3. The molecule has 0 aromatic carbocycles. The summed E-state index contributed by atoms with van der Waals surface area (Å²) in [5.74, 6) is 1.06. The summed E-state index contributed by atoms with van der Waals surface area (Å²) >= 11 is 0. The summed E-state index contributed by atoms with van der Waals surface area (Å²) in [7, 11) is 0. The predicted octanol–water partition coefficient (Wildman–Crippen LogP) is 1.55. The molecule has 2 bridgehead atoms. The molecule has 0 aromatic heterocycles. The van der Waals surface area contributed by atoms with Crippen LogP contribution < -0.4 is 0 Å². The molecule has 0 N–H and O–H groups in total. The van der Waals surface area contributed by atoms with Gasteiger partial charge in [0.05, 0.1) is 5.41 Å². The number of Topliss-reactive ketones (excluding diaryl/α,β-unsaturated/α-hetero) is 1. The van der Waals surface area contributed by atoms with E-state index >= 15 is 0 Å². The zero-order valence-corrected chi connectivity index (χ0v) is 9.37. The second-order valence-corrected chi connectivity index (χ2v) is 5.58. The Bertz CT molecular complexity index is 375. The second kappa shape index (κ2) is 2.28. The van der Waals surface area contributed by atoms with Crippen molar-refractivity contribution < 1.29 is 14.3 Å². The SMILES string of the molecule is CC(=O)OC12CC3CC(C1C)C2(C)C3=O. The maximum atomic E-state index is 12.1. The van der Waals surface area contributed by atoms with Crippen LogP contribution >= 0.6 is 0 Å². The van der Waals surface area contributed by atoms with E-state index in [4.69, 9.17) is 4.74 Å². The number of hydrogen-bond acceptors (Lipinski definition) is 3. The van der Waals surface area contributed by atoms with E-state index in [-0.39, 0.29) is 17.3 Å². The standard InChI is InChI=1S/C12H16O3/c1-6-9-4-8-5-12(6,15-7(2)13)11(9,3)10(8)14/h6,8-9H,4-5H2,1-3H3.